The number of Topliss-reactive ketones (excluding diaryl/α,β-unsaturated/α-hetero) is 1. The van der Waals surface area contributed by atoms with E-state index in [4.69, 9.17) is 4.42 Å². The fourth-order valence-electron chi connectivity index (χ4n) is 3.16. The van der Waals surface area contributed by atoms with Crippen LogP contribution in [0.4, 0.5) is 0 Å². The Kier molecular flexibility index (Phi) is 6.08. The number of para-hydroxylation sites is 1. The molecule has 1 aliphatic heterocycles. The van der Waals surface area contributed by atoms with E-state index in [0.29, 0.717) is 38.1 Å². The van der Waals surface area contributed by atoms with Gasteiger partial charge in [0.2, 0.25) is 0 Å². The first-order valence-electron chi connectivity index (χ1n) is 9.16. The van der Waals surface area contributed by atoms with Gasteiger partial charge in [0.1, 0.15) is 5.58 Å². The largest absolute Gasteiger partial charge is 0.456 e. The average molecular weight is 386 g/mol. The number of benzene rings is 1. The van der Waals surface area contributed by atoms with Crippen molar-refractivity contribution in [1.82, 2.24) is 10.2 Å². The Morgan fingerprint density at radius 1 is 1.18 bits per heavy atom. The van der Waals surface area contributed by atoms with Gasteiger partial charge in [-0.2, -0.15) is 0 Å². The number of likely N-dealkylation sites (tertiary alicyclic amines) is 1. The summed E-state index contributed by atoms with van der Waals surface area (Å²) in [6, 6.07) is 8.79. The minimum Gasteiger partial charge on any atom is -0.456 e. The van der Waals surface area contributed by atoms with Gasteiger partial charge in [0.25, 0.3) is 17.6 Å². The molecule has 1 saturated heterocycles. The standard InChI is InChI=1S/C20H22N2O6/c1-13(23)27-12-18(24)21-11-14-6-8-22(9-7-14)20(26)19(25)17-10-15-4-2-3-5-16(15)28-17/h2-5,10,14H,6-9,11-12H2,1H3,(H,21,24). The summed E-state index contributed by atoms with van der Waals surface area (Å²) >= 11 is 0. The van der Waals surface area contributed by atoms with Crippen LogP contribution in [0.5, 0.6) is 0 Å². The Balaban J connectivity index is 1.47. The SMILES string of the molecule is CC(=O)OCC(=O)NCC1CCN(C(=O)C(=O)c2cc3ccccc3o2)CC1. The second-order valence-electron chi connectivity index (χ2n) is 6.80. The van der Waals surface area contributed by atoms with Crippen LogP contribution in [0, 0.1) is 5.92 Å². The molecule has 1 aromatic heterocycles. The van der Waals surface area contributed by atoms with Gasteiger partial charge < -0.3 is 19.4 Å². The van der Waals surface area contributed by atoms with Crippen LogP contribution in [-0.2, 0) is 19.1 Å². The molecule has 2 heterocycles. The van der Waals surface area contributed by atoms with Gasteiger partial charge in [-0.15, -0.1) is 0 Å². The number of furan rings is 1. The minimum atomic E-state index is -0.649. The number of hydrogen-bond donors (Lipinski definition) is 1. The zero-order valence-corrected chi connectivity index (χ0v) is 15.6. The summed E-state index contributed by atoms with van der Waals surface area (Å²) in [7, 11) is 0. The highest BCUT2D eigenvalue weighted by atomic mass is 16.5. The van der Waals surface area contributed by atoms with Crippen molar-refractivity contribution in [3.05, 3.63) is 36.1 Å². The van der Waals surface area contributed by atoms with Crippen molar-refractivity contribution in [1.29, 1.82) is 0 Å². The Morgan fingerprint density at radius 3 is 2.57 bits per heavy atom. The van der Waals surface area contributed by atoms with Crippen molar-refractivity contribution in [2.75, 3.05) is 26.2 Å². The van der Waals surface area contributed by atoms with Gasteiger partial charge in [-0.1, -0.05) is 18.2 Å². The third-order valence-electron chi connectivity index (χ3n) is 4.74. The summed E-state index contributed by atoms with van der Waals surface area (Å²) in [4.78, 5) is 48.7. The Bertz CT molecular complexity index is 862. The number of carbonyl (C=O) groups is 4. The fourth-order valence-corrected chi connectivity index (χ4v) is 3.16. The Hall–Kier alpha value is -3.16. The maximum Gasteiger partial charge on any atom is 0.303 e. The molecule has 2 amide bonds. The lowest BCUT2D eigenvalue weighted by Gasteiger charge is -2.31. The number of esters is 1. The summed E-state index contributed by atoms with van der Waals surface area (Å²) < 4.78 is 10.1. The van der Waals surface area contributed by atoms with E-state index >= 15 is 0 Å². The van der Waals surface area contributed by atoms with Crippen LogP contribution < -0.4 is 5.32 Å². The molecule has 0 unspecified atom stereocenters. The molecule has 1 fully saturated rings. The van der Waals surface area contributed by atoms with Crippen LogP contribution >= 0.6 is 0 Å². The number of fused-ring (bicyclic) bond motifs is 1. The molecule has 0 saturated carbocycles. The highest BCUT2D eigenvalue weighted by Crippen LogP contribution is 2.21. The average Bonchev–Trinajstić information content (AvgIpc) is 3.14. The van der Waals surface area contributed by atoms with Gasteiger partial charge in [0.05, 0.1) is 0 Å². The summed E-state index contributed by atoms with van der Waals surface area (Å²) in [5, 5.41) is 3.49. The van der Waals surface area contributed by atoms with Gasteiger partial charge in [0, 0.05) is 31.9 Å². The molecule has 0 bridgehead atoms. The normalized spacial score (nSPS) is 14.7. The van der Waals surface area contributed by atoms with Crippen molar-refractivity contribution in [3.8, 4) is 0 Å². The van der Waals surface area contributed by atoms with E-state index < -0.39 is 17.7 Å². The van der Waals surface area contributed by atoms with E-state index in [1.165, 1.54) is 11.8 Å². The van der Waals surface area contributed by atoms with Crippen LogP contribution in [0.25, 0.3) is 11.0 Å². The monoisotopic (exact) mass is 386 g/mol. The number of amides is 2. The first-order chi connectivity index (χ1) is 13.4. The van der Waals surface area contributed by atoms with Crippen molar-refractivity contribution in [2.45, 2.75) is 19.8 Å². The molecule has 1 aromatic carbocycles. The summed E-state index contributed by atoms with van der Waals surface area (Å²) in [6.07, 6.45) is 1.35. The minimum absolute atomic E-state index is 0.0473. The van der Waals surface area contributed by atoms with Crippen LogP contribution in [0.1, 0.15) is 30.3 Å². The highest BCUT2D eigenvalue weighted by molar-refractivity contribution is 6.42. The molecule has 8 nitrogen and oxygen atoms in total. The smallest absolute Gasteiger partial charge is 0.303 e. The molecule has 1 N–H and O–H groups in total. The topological polar surface area (TPSA) is 106 Å². The third kappa shape index (κ3) is 4.76. The van der Waals surface area contributed by atoms with E-state index in [1.54, 1.807) is 18.2 Å². The lowest BCUT2D eigenvalue weighted by atomic mass is 9.96. The number of carbonyl (C=O) groups excluding carboxylic acids is 4. The zero-order valence-electron chi connectivity index (χ0n) is 15.6. The second kappa shape index (κ2) is 8.69. The van der Waals surface area contributed by atoms with Crippen molar-refractivity contribution in [2.24, 2.45) is 5.92 Å². The number of nitrogens with zero attached hydrogens (tertiary/aromatic N) is 1. The van der Waals surface area contributed by atoms with Crippen LogP contribution in [-0.4, -0.2) is 54.7 Å². The lowest BCUT2D eigenvalue weighted by molar-refractivity contribution is -0.146. The van der Waals surface area contributed by atoms with Crippen LogP contribution in [0.15, 0.2) is 34.7 Å². The van der Waals surface area contributed by atoms with E-state index in [0.717, 1.165) is 5.39 Å². The Labute approximate surface area is 161 Å². The molecule has 0 atom stereocenters. The van der Waals surface area contributed by atoms with Crippen LogP contribution in [0.2, 0.25) is 0 Å². The van der Waals surface area contributed by atoms with E-state index in [9.17, 15) is 19.2 Å². The maximum absolute atomic E-state index is 12.5. The predicted octanol–water partition coefficient (Wildman–Crippen LogP) is 1.53. The molecular formula is C20H22N2O6. The number of hydrogen-bond acceptors (Lipinski definition) is 6. The van der Waals surface area contributed by atoms with E-state index in [-0.39, 0.29) is 24.2 Å². The third-order valence-corrected chi connectivity index (χ3v) is 4.74. The molecule has 3 rings (SSSR count). The van der Waals surface area contributed by atoms with E-state index in [1.807, 2.05) is 12.1 Å². The van der Waals surface area contributed by atoms with Gasteiger partial charge in [-0.25, -0.2) is 0 Å². The van der Waals surface area contributed by atoms with Crippen molar-refractivity contribution in [3.63, 3.8) is 0 Å². The second-order valence-corrected chi connectivity index (χ2v) is 6.80. The zero-order chi connectivity index (χ0) is 20.1. The quantitative estimate of drug-likeness (QED) is 0.459. The van der Waals surface area contributed by atoms with Gasteiger partial charge in [-0.3, -0.25) is 19.2 Å². The van der Waals surface area contributed by atoms with E-state index in [2.05, 4.69) is 10.1 Å². The number of rotatable bonds is 6. The van der Waals surface area contributed by atoms with Crippen molar-refractivity contribution >= 4 is 34.5 Å². The number of piperidine rings is 1. The molecule has 0 aliphatic carbocycles. The van der Waals surface area contributed by atoms with Crippen molar-refractivity contribution < 1.29 is 28.3 Å². The molecule has 2 aromatic rings. The van der Waals surface area contributed by atoms with Crippen LogP contribution in [0.3, 0.4) is 0 Å². The first-order valence-corrected chi connectivity index (χ1v) is 9.16. The number of nitrogens with one attached hydrogen (secondary N) is 1. The molecular weight excluding hydrogens is 364 g/mol. The highest BCUT2D eigenvalue weighted by Gasteiger charge is 2.29. The first kappa shape index (κ1) is 19.6. The molecule has 0 radical (unpaired) electrons. The maximum atomic E-state index is 12.5. The molecule has 1 aliphatic rings. The molecule has 28 heavy (non-hydrogen) atoms. The number of ether oxygens (including phenoxy) is 1. The summed E-state index contributed by atoms with van der Waals surface area (Å²) in [6.45, 7) is 2.27. The Morgan fingerprint density at radius 2 is 1.89 bits per heavy atom. The molecule has 8 heteroatoms. The molecule has 0 spiro atoms. The van der Waals surface area contributed by atoms with Gasteiger partial charge >= 0.3 is 5.97 Å². The fraction of sp³-hybridized carbons (Fsp3) is 0.400. The number of ketones is 1. The predicted molar refractivity (Wildman–Crippen MR) is 99.5 cm³/mol. The van der Waals surface area contributed by atoms with Gasteiger partial charge in [0.15, 0.2) is 12.4 Å². The molecule has 148 valence electrons. The summed E-state index contributed by atoms with van der Waals surface area (Å²) in [5.74, 6) is -1.83. The van der Waals surface area contributed by atoms with Gasteiger partial charge in [-0.05, 0) is 30.9 Å². The summed E-state index contributed by atoms with van der Waals surface area (Å²) in [5.41, 5.74) is 0.571. The lowest BCUT2D eigenvalue weighted by Crippen LogP contribution is -2.44.